The summed E-state index contributed by atoms with van der Waals surface area (Å²) < 4.78 is 11.3. The summed E-state index contributed by atoms with van der Waals surface area (Å²) in [5.74, 6) is 2.01. The Bertz CT molecular complexity index is 1070. The molecule has 1 aliphatic carbocycles. The minimum absolute atomic E-state index is 0.0843. The lowest BCUT2D eigenvalue weighted by molar-refractivity contribution is -0.105. The molecule has 2 aromatic heterocycles. The molecule has 2 fully saturated rings. The fraction of sp³-hybridized carbons (Fsp3) is 0.320. The Kier molecular flexibility index (Phi) is 7.49. The largest absolute Gasteiger partial charge is 0.489 e. The standard InChI is InChI=1S/C18H17N3O3.C7H8S/c19-11-15-9-13(14-3-6-20-18(10-14)21-12-22)1-2-17(15)24-16-4-7-23-8-5-16;1-2-7(8-5-1)6-3-4-6/h1-3,6,9-10,12,16H,4-5,7-8H2,(H,20,21,22);1-2,5-6H,3-4H2. The molecule has 5 rings (SSSR count). The van der Waals surface area contributed by atoms with E-state index in [0.29, 0.717) is 36.8 Å². The number of rotatable bonds is 6. The zero-order valence-electron chi connectivity index (χ0n) is 17.7. The van der Waals surface area contributed by atoms with Gasteiger partial charge in [0.1, 0.15) is 23.7 Å². The van der Waals surface area contributed by atoms with Crippen molar-refractivity contribution in [2.24, 2.45) is 0 Å². The number of nitriles is 1. The average Bonchev–Trinajstić information content (AvgIpc) is 3.54. The molecule has 0 unspecified atom stereocenters. The van der Waals surface area contributed by atoms with Crippen molar-refractivity contribution in [1.29, 1.82) is 5.26 Å². The van der Waals surface area contributed by atoms with E-state index in [1.165, 1.54) is 12.8 Å². The van der Waals surface area contributed by atoms with Gasteiger partial charge in [0, 0.05) is 23.9 Å². The normalized spacial score (nSPS) is 15.7. The number of carbonyl (C=O) groups is 1. The van der Waals surface area contributed by atoms with E-state index < -0.39 is 0 Å². The van der Waals surface area contributed by atoms with Crippen molar-refractivity contribution >= 4 is 23.6 Å². The molecule has 2 aliphatic rings. The maximum atomic E-state index is 10.5. The molecule has 3 heterocycles. The van der Waals surface area contributed by atoms with Gasteiger partial charge in [0.15, 0.2) is 0 Å². The van der Waals surface area contributed by atoms with Crippen LogP contribution >= 0.6 is 11.3 Å². The summed E-state index contributed by atoms with van der Waals surface area (Å²) in [6.45, 7) is 1.38. The molecule has 1 aliphatic heterocycles. The molecule has 1 saturated carbocycles. The number of anilines is 1. The van der Waals surface area contributed by atoms with Crippen LogP contribution in [0.4, 0.5) is 5.82 Å². The molecule has 1 aromatic carbocycles. The summed E-state index contributed by atoms with van der Waals surface area (Å²) in [6.07, 6.45) is 6.80. The van der Waals surface area contributed by atoms with Crippen molar-refractivity contribution in [3.8, 4) is 22.9 Å². The van der Waals surface area contributed by atoms with Crippen LogP contribution in [-0.4, -0.2) is 30.7 Å². The molecular formula is C25H25N3O3S. The molecule has 0 spiro atoms. The summed E-state index contributed by atoms with van der Waals surface area (Å²) in [5.41, 5.74) is 2.21. The third-order valence-electron chi connectivity index (χ3n) is 5.38. The SMILES string of the molecule is N#Cc1cc(-c2ccnc(NC=O)c2)ccc1OC1CCOCC1.c1csc(C2CC2)c1. The molecule has 3 aromatic rings. The lowest BCUT2D eigenvalue weighted by Crippen LogP contribution is -2.26. The fourth-order valence-corrected chi connectivity index (χ4v) is 4.41. The molecule has 32 heavy (non-hydrogen) atoms. The van der Waals surface area contributed by atoms with E-state index in [1.54, 1.807) is 23.2 Å². The van der Waals surface area contributed by atoms with Crippen LogP contribution in [0.25, 0.3) is 11.1 Å². The van der Waals surface area contributed by atoms with Gasteiger partial charge in [-0.1, -0.05) is 12.1 Å². The first-order valence-corrected chi connectivity index (χ1v) is 11.6. The van der Waals surface area contributed by atoms with Crippen LogP contribution in [0.3, 0.4) is 0 Å². The number of carbonyl (C=O) groups excluding carboxylic acids is 1. The maximum absolute atomic E-state index is 10.5. The summed E-state index contributed by atoms with van der Waals surface area (Å²) in [5, 5.41) is 14.1. The van der Waals surface area contributed by atoms with Crippen molar-refractivity contribution in [2.45, 2.75) is 37.7 Å². The molecule has 0 atom stereocenters. The third kappa shape index (κ3) is 5.94. The van der Waals surface area contributed by atoms with E-state index in [9.17, 15) is 10.1 Å². The Morgan fingerprint density at radius 3 is 2.62 bits per heavy atom. The van der Waals surface area contributed by atoms with E-state index in [4.69, 9.17) is 9.47 Å². The second-order valence-electron chi connectivity index (χ2n) is 7.73. The molecule has 6 nitrogen and oxygen atoms in total. The van der Waals surface area contributed by atoms with Crippen LogP contribution in [0.2, 0.25) is 0 Å². The molecule has 1 N–H and O–H groups in total. The highest BCUT2D eigenvalue weighted by molar-refractivity contribution is 7.10. The molecule has 164 valence electrons. The average molecular weight is 448 g/mol. The minimum atomic E-state index is 0.0843. The number of amides is 1. The quantitative estimate of drug-likeness (QED) is 0.514. The lowest BCUT2D eigenvalue weighted by atomic mass is 10.0. The van der Waals surface area contributed by atoms with E-state index in [-0.39, 0.29) is 6.10 Å². The van der Waals surface area contributed by atoms with Gasteiger partial charge in [0.25, 0.3) is 0 Å². The number of nitrogens with one attached hydrogen (secondary N) is 1. The number of ether oxygens (including phenoxy) is 2. The van der Waals surface area contributed by atoms with Gasteiger partial charge in [-0.3, -0.25) is 4.79 Å². The highest BCUT2D eigenvalue weighted by atomic mass is 32.1. The van der Waals surface area contributed by atoms with E-state index in [2.05, 4.69) is 33.9 Å². The van der Waals surface area contributed by atoms with Crippen LogP contribution in [0, 0.1) is 11.3 Å². The maximum Gasteiger partial charge on any atom is 0.212 e. The van der Waals surface area contributed by atoms with Crippen LogP contribution in [0.1, 0.15) is 42.0 Å². The first kappa shape index (κ1) is 22.0. The number of aromatic nitrogens is 1. The number of hydrogen-bond donors (Lipinski definition) is 1. The van der Waals surface area contributed by atoms with Crippen molar-refractivity contribution in [3.05, 3.63) is 64.5 Å². The molecule has 0 bridgehead atoms. The van der Waals surface area contributed by atoms with Crippen LogP contribution in [-0.2, 0) is 9.53 Å². The van der Waals surface area contributed by atoms with Gasteiger partial charge in [-0.25, -0.2) is 4.98 Å². The fourth-order valence-electron chi connectivity index (χ4n) is 3.51. The summed E-state index contributed by atoms with van der Waals surface area (Å²) in [7, 11) is 0. The van der Waals surface area contributed by atoms with Crippen LogP contribution < -0.4 is 10.1 Å². The van der Waals surface area contributed by atoms with Gasteiger partial charge < -0.3 is 14.8 Å². The van der Waals surface area contributed by atoms with Gasteiger partial charge in [0.05, 0.1) is 18.8 Å². The second kappa shape index (κ2) is 10.9. The molecule has 0 radical (unpaired) electrons. The Morgan fingerprint density at radius 1 is 1.12 bits per heavy atom. The highest BCUT2D eigenvalue weighted by Crippen LogP contribution is 2.42. The number of hydrogen-bond acceptors (Lipinski definition) is 6. The van der Waals surface area contributed by atoms with E-state index in [0.717, 1.165) is 29.9 Å². The van der Waals surface area contributed by atoms with E-state index in [1.807, 2.05) is 29.5 Å². The van der Waals surface area contributed by atoms with Crippen LogP contribution in [0.5, 0.6) is 5.75 Å². The van der Waals surface area contributed by atoms with Gasteiger partial charge in [0.2, 0.25) is 6.41 Å². The molecular weight excluding hydrogens is 422 g/mol. The van der Waals surface area contributed by atoms with Gasteiger partial charge in [-0.05, 0) is 65.6 Å². The zero-order chi connectivity index (χ0) is 22.2. The van der Waals surface area contributed by atoms with Crippen molar-refractivity contribution < 1.29 is 14.3 Å². The smallest absolute Gasteiger partial charge is 0.212 e. The van der Waals surface area contributed by atoms with Gasteiger partial charge >= 0.3 is 0 Å². The Morgan fingerprint density at radius 2 is 1.94 bits per heavy atom. The topological polar surface area (TPSA) is 84.2 Å². The number of pyridine rings is 1. The lowest BCUT2D eigenvalue weighted by Gasteiger charge is -2.23. The number of nitrogens with zero attached hydrogens (tertiary/aromatic N) is 2. The predicted octanol–water partition coefficient (Wildman–Crippen LogP) is 5.37. The van der Waals surface area contributed by atoms with Gasteiger partial charge in [-0.2, -0.15) is 5.26 Å². The minimum Gasteiger partial charge on any atom is -0.489 e. The first-order valence-electron chi connectivity index (χ1n) is 10.8. The van der Waals surface area contributed by atoms with Crippen molar-refractivity contribution in [2.75, 3.05) is 18.5 Å². The molecule has 1 saturated heterocycles. The summed E-state index contributed by atoms with van der Waals surface area (Å²) in [4.78, 5) is 16.2. The zero-order valence-corrected chi connectivity index (χ0v) is 18.5. The van der Waals surface area contributed by atoms with Crippen molar-refractivity contribution in [1.82, 2.24) is 4.98 Å². The molecule has 1 amide bonds. The predicted molar refractivity (Wildman–Crippen MR) is 125 cm³/mol. The summed E-state index contributed by atoms with van der Waals surface area (Å²) >= 11 is 1.89. The Labute approximate surface area is 191 Å². The first-order chi connectivity index (χ1) is 15.8. The third-order valence-corrected chi connectivity index (χ3v) is 6.42. The summed E-state index contributed by atoms with van der Waals surface area (Å²) in [6, 6.07) is 15.6. The molecule has 7 heteroatoms. The van der Waals surface area contributed by atoms with Gasteiger partial charge in [-0.15, -0.1) is 11.3 Å². The monoisotopic (exact) mass is 447 g/mol. The number of benzene rings is 1. The van der Waals surface area contributed by atoms with Crippen LogP contribution in [0.15, 0.2) is 54.0 Å². The van der Waals surface area contributed by atoms with E-state index >= 15 is 0 Å². The second-order valence-corrected chi connectivity index (χ2v) is 8.71. The Hall–Kier alpha value is -3.21. The highest BCUT2D eigenvalue weighted by Gasteiger charge is 2.23. The number of thiophene rings is 1. The van der Waals surface area contributed by atoms with Crippen molar-refractivity contribution in [3.63, 3.8) is 0 Å². The Balaban J connectivity index is 0.000000254.